The summed E-state index contributed by atoms with van der Waals surface area (Å²) in [6.07, 6.45) is 4.62. The molecule has 4 atom stereocenters. The third-order valence-corrected chi connectivity index (χ3v) is 12.2. The molecule has 4 unspecified atom stereocenters. The Bertz CT molecular complexity index is 1610. The highest BCUT2D eigenvalue weighted by Gasteiger charge is 2.80. The van der Waals surface area contributed by atoms with E-state index in [0.29, 0.717) is 12.8 Å². The van der Waals surface area contributed by atoms with Gasteiger partial charge < -0.3 is 10.2 Å². The van der Waals surface area contributed by atoms with Gasteiger partial charge in [0.05, 0.1) is 44.5 Å². The molecule has 2 N–H and O–H groups in total. The third-order valence-electron chi connectivity index (χ3n) is 12.2. The minimum absolute atomic E-state index is 0.0423. The van der Waals surface area contributed by atoms with E-state index < -0.39 is 34.8 Å². The Morgan fingerprint density at radius 3 is 1.24 bits per heavy atom. The van der Waals surface area contributed by atoms with Crippen molar-refractivity contribution in [3.8, 4) is 0 Å². The summed E-state index contributed by atoms with van der Waals surface area (Å²) in [5, 5.41) is 19.0. The van der Waals surface area contributed by atoms with Crippen LogP contribution in [0.15, 0.2) is 36.4 Å². The monoisotopic (exact) mass is 566 g/mol. The predicted molar refractivity (Wildman–Crippen MR) is 142 cm³/mol. The van der Waals surface area contributed by atoms with Crippen LogP contribution in [0.1, 0.15) is 101 Å². The van der Waals surface area contributed by atoms with Crippen LogP contribution in [0.4, 0.5) is 0 Å². The summed E-state index contributed by atoms with van der Waals surface area (Å²) in [6.45, 7) is 0. The molecule has 9 aliphatic rings. The molecule has 2 heterocycles. The highest BCUT2D eigenvalue weighted by molar-refractivity contribution is 6.23. The van der Waals surface area contributed by atoms with Gasteiger partial charge in [0.1, 0.15) is 0 Å². The van der Waals surface area contributed by atoms with Gasteiger partial charge in [0.15, 0.2) is 0 Å². The number of aromatic carboxylic acids is 2. The fraction of sp³-hybridized carbons (Fsp3) is 0.438. The Hall–Kier alpha value is -4.34. The van der Waals surface area contributed by atoms with Crippen LogP contribution >= 0.6 is 0 Å². The van der Waals surface area contributed by atoms with Gasteiger partial charge >= 0.3 is 11.9 Å². The van der Waals surface area contributed by atoms with Crippen molar-refractivity contribution in [2.75, 3.05) is 0 Å². The lowest BCUT2D eigenvalue weighted by Crippen LogP contribution is -2.85. The first kappa shape index (κ1) is 24.3. The number of hydrogen-bond donors (Lipinski definition) is 2. The standard InChI is InChI=1S/C32H26N2O8/c35-25-17-3-1-15(29(39)40)9-19(17)27(37)33(25)31-11-13-7-23-21(31)5-14-6-22(31)24(8-13)32(23,12-14)34-26(36)18-4-2-16(30(41)42)10-20(18)28(34)38/h1-4,9-10,13-14,21-24H,5-8,11-12H2,(H,39,40)(H,41,42). The average Bonchev–Trinajstić information content (AvgIpc) is 3.38. The van der Waals surface area contributed by atoms with Crippen molar-refractivity contribution in [2.45, 2.75) is 49.6 Å². The van der Waals surface area contributed by atoms with Crippen LogP contribution in [-0.4, -0.2) is 66.7 Å². The van der Waals surface area contributed by atoms with Crippen molar-refractivity contribution < 1.29 is 39.0 Å². The van der Waals surface area contributed by atoms with Gasteiger partial charge in [-0.25, -0.2) is 9.59 Å². The molecule has 7 aliphatic carbocycles. The summed E-state index contributed by atoms with van der Waals surface area (Å²) in [6, 6.07) is 8.21. The molecule has 212 valence electrons. The Morgan fingerprint density at radius 1 is 0.571 bits per heavy atom. The maximum absolute atomic E-state index is 14.0. The number of carbonyl (C=O) groups is 6. The molecule has 2 aromatic rings. The van der Waals surface area contributed by atoms with E-state index in [2.05, 4.69) is 0 Å². The van der Waals surface area contributed by atoms with Crippen LogP contribution < -0.4 is 0 Å². The molecule has 8 bridgehead atoms. The van der Waals surface area contributed by atoms with Crippen molar-refractivity contribution in [3.63, 3.8) is 0 Å². The van der Waals surface area contributed by atoms with E-state index in [4.69, 9.17) is 0 Å². The van der Waals surface area contributed by atoms with E-state index in [1.165, 1.54) is 46.2 Å². The van der Waals surface area contributed by atoms with Gasteiger partial charge in [0.25, 0.3) is 23.6 Å². The first-order valence-electron chi connectivity index (χ1n) is 14.6. The zero-order valence-electron chi connectivity index (χ0n) is 22.4. The minimum Gasteiger partial charge on any atom is -0.478 e. The largest absolute Gasteiger partial charge is 0.478 e. The summed E-state index contributed by atoms with van der Waals surface area (Å²) >= 11 is 0. The zero-order valence-corrected chi connectivity index (χ0v) is 22.4. The summed E-state index contributed by atoms with van der Waals surface area (Å²) < 4.78 is 0. The molecule has 7 saturated carbocycles. The zero-order chi connectivity index (χ0) is 29.0. The molecule has 0 aromatic heterocycles. The van der Waals surface area contributed by atoms with E-state index in [9.17, 15) is 39.0 Å². The number of nitrogens with zero attached hydrogens (tertiary/aromatic N) is 2. The number of amides is 4. The van der Waals surface area contributed by atoms with Crippen molar-refractivity contribution in [3.05, 3.63) is 69.8 Å². The molecule has 10 nitrogen and oxygen atoms in total. The van der Waals surface area contributed by atoms with Crippen LogP contribution in [0, 0.1) is 35.5 Å². The van der Waals surface area contributed by atoms with E-state index in [-0.39, 0.29) is 80.7 Å². The molecule has 0 spiro atoms. The first-order chi connectivity index (χ1) is 20.1. The Morgan fingerprint density at radius 2 is 0.905 bits per heavy atom. The van der Waals surface area contributed by atoms with Crippen molar-refractivity contribution in [1.82, 2.24) is 9.80 Å². The van der Waals surface area contributed by atoms with E-state index in [1.54, 1.807) is 0 Å². The molecule has 4 amide bonds. The lowest BCUT2D eigenvalue weighted by molar-refractivity contribution is -0.276. The van der Waals surface area contributed by atoms with Crippen molar-refractivity contribution >= 4 is 35.6 Å². The number of carbonyl (C=O) groups excluding carboxylic acids is 4. The van der Waals surface area contributed by atoms with Gasteiger partial charge in [0, 0.05) is 0 Å². The molecule has 0 saturated heterocycles. The molecule has 0 radical (unpaired) electrons. The number of fused-ring (bicyclic) bond motifs is 2. The quantitative estimate of drug-likeness (QED) is 0.534. The fourth-order valence-corrected chi connectivity index (χ4v) is 11.3. The molecule has 42 heavy (non-hydrogen) atoms. The second-order valence-electron chi connectivity index (χ2n) is 13.5. The van der Waals surface area contributed by atoms with E-state index in [1.807, 2.05) is 0 Å². The minimum atomic E-state index is -1.17. The Kier molecular flexibility index (Phi) is 4.25. The SMILES string of the molecule is O=C(O)c1ccc2c(c1)C(=O)N(C13CC4CC5C1CC1CC3C(C4)C5(N3C(=O)c4ccc(C(=O)O)cc4C3=O)C1)C2=O. The van der Waals surface area contributed by atoms with Crippen LogP contribution in [0.5, 0.6) is 0 Å². The number of rotatable bonds is 4. The predicted octanol–water partition coefficient (Wildman–Crippen LogP) is 3.56. The smallest absolute Gasteiger partial charge is 0.335 e. The number of benzene rings is 2. The van der Waals surface area contributed by atoms with Crippen LogP contribution in [0.2, 0.25) is 0 Å². The molecule has 2 aliphatic heterocycles. The lowest BCUT2D eigenvalue weighted by atomic mass is 9.30. The number of carboxylic acid groups (broad SMARTS) is 2. The van der Waals surface area contributed by atoms with Crippen LogP contribution in [0.3, 0.4) is 0 Å². The molecule has 7 fully saturated rings. The van der Waals surface area contributed by atoms with Gasteiger partial charge in [-0.1, -0.05) is 0 Å². The molecular weight excluding hydrogens is 540 g/mol. The second-order valence-corrected chi connectivity index (χ2v) is 13.5. The summed E-state index contributed by atoms with van der Waals surface area (Å²) in [4.78, 5) is 82.3. The van der Waals surface area contributed by atoms with E-state index in [0.717, 1.165) is 25.7 Å². The Balaban J connectivity index is 1.17. The molecule has 11 rings (SSSR count). The van der Waals surface area contributed by atoms with E-state index >= 15 is 0 Å². The fourth-order valence-electron chi connectivity index (χ4n) is 11.3. The highest BCUT2D eigenvalue weighted by atomic mass is 16.4. The topological polar surface area (TPSA) is 149 Å². The number of carboxylic acids is 2. The summed E-state index contributed by atoms with van der Waals surface area (Å²) in [7, 11) is 0. The van der Waals surface area contributed by atoms with Gasteiger partial charge in [-0.2, -0.15) is 0 Å². The molecule has 2 aromatic carbocycles. The maximum Gasteiger partial charge on any atom is 0.335 e. The van der Waals surface area contributed by atoms with Crippen LogP contribution in [-0.2, 0) is 0 Å². The molecular formula is C32H26N2O8. The number of imide groups is 2. The van der Waals surface area contributed by atoms with Crippen molar-refractivity contribution in [1.29, 1.82) is 0 Å². The first-order valence-corrected chi connectivity index (χ1v) is 14.6. The number of hydrogen-bond acceptors (Lipinski definition) is 6. The second kappa shape index (κ2) is 7.35. The van der Waals surface area contributed by atoms with Gasteiger partial charge in [-0.3, -0.25) is 29.0 Å². The summed E-state index contributed by atoms with van der Waals surface area (Å²) in [5.74, 6) is -3.82. The molecule has 10 heteroatoms. The third kappa shape index (κ3) is 2.47. The van der Waals surface area contributed by atoms with Crippen LogP contribution in [0.25, 0.3) is 0 Å². The lowest BCUT2D eigenvalue weighted by Gasteiger charge is -2.79. The highest BCUT2D eigenvalue weighted by Crippen LogP contribution is 2.77. The van der Waals surface area contributed by atoms with Gasteiger partial charge in [0.2, 0.25) is 0 Å². The maximum atomic E-state index is 14.0. The summed E-state index contributed by atoms with van der Waals surface area (Å²) in [5.41, 5.74) is -0.836. The van der Waals surface area contributed by atoms with Gasteiger partial charge in [-0.15, -0.1) is 0 Å². The average molecular weight is 567 g/mol. The van der Waals surface area contributed by atoms with Crippen molar-refractivity contribution in [2.24, 2.45) is 35.5 Å². The Labute approximate surface area is 239 Å². The normalized spacial score (nSPS) is 38.1. The van der Waals surface area contributed by atoms with Gasteiger partial charge in [-0.05, 0) is 110 Å².